The molecule has 0 aliphatic rings. The summed E-state index contributed by atoms with van der Waals surface area (Å²) in [6.45, 7) is 4.31. The number of rotatable bonds is 3. The second-order valence-corrected chi connectivity index (χ2v) is 3.75. The minimum absolute atomic E-state index is 0.171. The Bertz CT molecular complexity index is 552. The third kappa shape index (κ3) is 2.11. The van der Waals surface area contributed by atoms with Gasteiger partial charge in [-0.2, -0.15) is 0 Å². The molecule has 0 unspecified atom stereocenters. The first-order valence-corrected chi connectivity index (χ1v) is 5.47. The summed E-state index contributed by atoms with van der Waals surface area (Å²) in [5.74, 6) is 1.34. The molecule has 17 heavy (non-hydrogen) atoms. The number of hydrogen-bond acceptors (Lipinski definition) is 4. The van der Waals surface area contributed by atoms with E-state index in [0.29, 0.717) is 23.4 Å². The molecule has 0 atom stereocenters. The Balaban J connectivity index is 2.65. The number of aromatic nitrogens is 1. The van der Waals surface area contributed by atoms with Gasteiger partial charge in [0.15, 0.2) is 0 Å². The van der Waals surface area contributed by atoms with Crippen molar-refractivity contribution in [3.63, 3.8) is 0 Å². The van der Waals surface area contributed by atoms with Crippen molar-refractivity contribution in [3.8, 4) is 17.4 Å². The lowest BCUT2D eigenvalue weighted by Gasteiger charge is -2.09. The Hall–Kier alpha value is -1.97. The van der Waals surface area contributed by atoms with Crippen LogP contribution >= 0.6 is 0 Å². The molecule has 2 rings (SSSR count). The highest BCUT2D eigenvalue weighted by Gasteiger charge is 2.09. The fraction of sp³-hybridized carbons (Fsp3) is 0.308. The number of hydrogen-bond donors (Lipinski definition) is 1. The van der Waals surface area contributed by atoms with Crippen LogP contribution in [0.15, 0.2) is 18.2 Å². The zero-order valence-electron chi connectivity index (χ0n) is 10.2. The van der Waals surface area contributed by atoms with Crippen molar-refractivity contribution in [2.24, 2.45) is 0 Å². The van der Waals surface area contributed by atoms with E-state index in [1.165, 1.54) is 6.07 Å². The maximum Gasteiger partial charge on any atom is 0.217 e. The topological polar surface area (TPSA) is 51.6 Å². The number of pyridine rings is 1. The van der Waals surface area contributed by atoms with Gasteiger partial charge in [0.25, 0.3) is 0 Å². The van der Waals surface area contributed by atoms with Crippen LogP contribution in [0.4, 0.5) is 0 Å². The number of methoxy groups -OCH3 is 1. The van der Waals surface area contributed by atoms with Crippen LogP contribution in [0.25, 0.3) is 10.9 Å². The summed E-state index contributed by atoms with van der Waals surface area (Å²) >= 11 is 0. The molecule has 1 aromatic heterocycles. The third-order valence-electron chi connectivity index (χ3n) is 2.57. The number of aryl methyl sites for hydroxylation is 1. The first kappa shape index (κ1) is 11.5. The Kier molecular flexibility index (Phi) is 3.04. The fourth-order valence-electron chi connectivity index (χ4n) is 1.76. The molecular weight excluding hydrogens is 218 g/mol. The standard InChI is InChI=1S/C13H15NO3/c1-4-17-13-7-11(15)9-5-8(2)12(16-3)6-10(9)14-13/h5-7H,4H2,1-3H3,(H,14,15). The highest BCUT2D eigenvalue weighted by molar-refractivity contribution is 5.87. The molecule has 0 fully saturated rings. The van der Waals surface area contributed by atoms with Gasteiger partial charge in [0.1, 0.15) is 11.5 Å². The normalized spacial score (nSPS) is 10.5. The molecule has 4 nitrogen and oxygen atoms in total. The Labute approximate surface area is 99.8 Å². The average molecular weight is 233 g/mol. The maximum absolute atomic E-state index is 9.91. The minimum Gasteiger partial charge on any atom is -0.507 e. The number of benzene rings is 1. The van der Waals surface area contributed by atoms with Crippen molar-refractivity contribution in [1.82, 2.24) is 4.98 Å². The van der Waals surface area contributed by atoms with Crippen molar-refractivity contribution < 1.29 is 14.6 Å². The zero-order valence-corrected chi connectivity index (χ0v) is 10.2. The second-order valence-electron chi connectivity index (χ2n) is 3.75. The van der Waals surface area contributed by atoms with Gasteiger partial charge in [0, 0.05) is 17.5 Å². The van der Waals surface area contributed by atoms with Crippen LogP contribution in [0.5, 0.6) is 17.4 Å². The zero-order chi connectivity index (χ0) is 12.4. The number of nitrogens with zero attached hydrogens (tertiary/aromatic N) is 1. The van der Waals surface area contributed by atoms with E-state index in [9.17, 15) is 5.11 Å². The number of ether oxygens (including phenoxy) is 2. The summed E-state index contributed by atoms with van der Waals surface area (Å²) in [4.78, 5) is 4.31. The van der Waals surface area contributed by atoms with Gasteiger partial charge in [-0.3, -0.25) is 0 Å². The fourth-order valence-corrected chi connectivity index (χ4v) is 1.76. The van der Waals surface area contributed by atoms with Crippen molar-refractivity contribution >= 4 is 10.9 Å². The van der Waals surface area contributed by atoms with Crippen molar-refractivity contribution in [1.29, 1.82) is 0 Å². The average Bonchev–Trinajstić information content (AvgIpc) is 2.30. The summed E-state index contributed by atoms with van der Waals surface area (Å²) in [5, 5.41) is 10.6. The Morgan fingerprint density at radius 2 is 2.06 bits per heavy atom. The van der Waals surface area contributed by atoms with Gasteiger partial charge < -0.3 is 14.6 Å². The lowest BCUT2D eigenvalue weighted by atomic mass is 10.1. The molecule has 0 bridgehead atoms. The smallest absolute Gasteiger partial charge is 0.217 e. The van der Waals surface area contributed by atoms with Gasteiger partial charge in [-0.1, -0.05) is 0 Å². The molecular formula is C13H15NO3. The van der Waals surface area contributed by atoms with Crippen LogP contribution in [-0.4, -0.2) is 23.8 Å². The van der Waals surface area contributed by atoms with Crippen LogP contribution in [0.3, 0.4) is 0 Å². The molecule has 2 aromatic rings. The SMILES string of the molecule is CCOc1cc(O)c2cc(C)c(OC)cc2n1. The van der Waals surface area contributed by atoms with Gasteiger partial charge in [0.2, 0.25) is 5.88 Å². The van der Waals surface area contributed by atoms with Crippen molar-refractivity contribution in [2.75, 3.05) is 13.7 Å². The molecule has 0 radical (unpaired) electrons. The molecule has 1 N–H and O–H groups in total. The van der Waals surface area contributed by atoms with Crippen LogP contribution in [0.2, 0.25) is 0 Å². The molecule has 0 spiro atoms. The van der Waals surface area contributed by atoms with Gasteiger partial charge >= 0.3 is 0 Å². The van der Waals surface area contributed by atoms with E-state index in [1.807, 2.05) is 19.9 Å². The van der Waals surface area contributed by atoms with E-state index in [2.05, 4.69) is 4.98 Å². The first-order valence-electron chi connectivity index (χ1n) is 5.47. The summed E-state index contributed by atoms with van der Waals surface area (Å²) in [7, 11) is 1.61. The van der Waals surface area contributed by atoms with E-state index in [1.54, 1.807) is 13.2 Å². The van der Waals surface area contributed by atoms with Gasteiger partial charge in [0.05, 0.1) is 19.2 Å². The maximum atomic E-state index is 9.91. The molecule has 0 saturated carbocycles. The summed E-state index contributed by atoms with van der Waals surface area (Å²) in [6, 6.07) is 5.18. The first-order chi connectivity index (χ1) is 8.15. The van der Waals surface area contributed by atoms with E-state index in [0.717, 1.165) is 11.3 Å². The molecule has 0 saturated heterocycles. The monoisotopic (exact) mass is 233 g/mol. The summed E-state index contributed by atoms with van der Waals surface area (Å²) in [6.07, 6.45) is 0. The molecule has 1 heterocycles. The van der Waals surface area contributed by atoms with Gasteiger partial charge in [-0.25, -0.2) is 4.98 Å². The molecule has 0 amide bonds. The molecule has 4 heteroatoms. The number of fused-ring (bicyclic) bond motifs is 1. The summed E-state index contributed by atoms with van der Waals surface area (Å²) in [5.41, 5.74) is 1.62. The predicted octanol–water partition coefficient (Wildman–Crippen LogP) is 2.66. The third-order valence-corrected chi connectivity index (χ3v) is 2.57. The molecule has 1 aromatic carbocycles. The lowest BCUT2D eigenvalue weighted by molar-refractivity contribution is 0.326. The van der Waals surface area contributed by atoms with E-state index < -0.39 is 0 Å². The van der Waals surface area contributed by atoms with Gasteiger partial charge in [-0.15, -0.1) is 0 Å². The van der Waals surface area contributed by atoms with Crippen molar-refractivity contribution in [3.05, 3.63) is 23.8 Å². The van der Waals surface area contributed by atoms with Crippen LogP contribution in [-0.2, 0) is 0 Å². The van der Waals surface area contributed by atoms with Crippen LogP contribution in [0.1, 0.15) is 12.5 Å². The second kappa shape index (κ2) is 4.49. The highest BCUT2D eigenvalue weighted by Crippen LogP contribution is 2.32. The lowest BCUT2D eigenvalue weighted by Crippen LogP contribution is -1.95. The highest BCUT2D eigenvalue weighted by atomic mass is 16.5. The van der Waals surface area contributed by atoms with Gasteiger partial charge in [-0.05, 0) is 25.5 Å². The van der Waals surface area contributed by atoms with Crippen LogP contribution < -0.4 is 9.47 Å². The predicted molar refractivity (Wildman–Crippen MR) is 65.9 cm³/mol. The Morgan fingerprint density at radius 1 is 1.29 bits per heavy atom. The molecule has 0 aliphatic heterocycles. The number of aromatic hydroxyl groups is 1. The van der Waals surface area contributed by atoms with Crippen molar-refractivity contribution in [2.45, 2.75) is 13.8 Å². The quantitative estimate of drug-likeness (QED) is 0.885. The molecule has 0 aliphatic carbocycles. The van der Waals surface area contributed by atoms with E-state index >= 15 is 0 Å². The van der Waals surface area contributed by atoms with Crippen LogP contribution in [0, 0.1) is 6.92 Å². The minimum atomic E-state index is 0.171. The van der Waals surface area contributed by atoms with E-state index in [4.69, 9.17) is 9.47 Å². The van der Waals surface area contributed by atoms with E-state index in [-0.39, 0.29) is 5.75 Å². The molecule has 90 valence electrons. The summed E-state index contributed by atoms with van der Waals surface area (Å²) < 4.78 is 10.5. The Morgan fingerprint density at radius 3 is 2.71 bits per heavy atom. The largest absolute Gasteiger partial charge is 0.507 e.